The first-order valence-corrected chi connectivity index (χ1v) is 7.26. The summed E-state index contributed by atoms with van der Waals surface area (Å²) in [5, 5.41) is 8.97. The molecular weight excluding hydrogens is 305 g/mol. The number of aliphatic carboxylic acids is 1. The zero-order chi connectivity index (χ0) is 14.7. The van der Waals surface area contributed by atoms with Crippen LogP contribution in [0.25, 0.3) is 6.08 Å². The Morgan fingerprint density at radius 2 is 2.25 bits per heavy atom. The van der Waals surface area contributed by atoms with E-state index in [1.165, 1.54) is 47.0 Å². The molecule has 1 fully saturated rings. The van der Waals surface area contributed by atoms with Crippen LogP contribution >= 0.6 is 23.4 Å². The van der Waals surface area contributed by atoms with Gasteiger partial charge in [0.2, 0.25) is 5.91 Å². The fourth-order valence-corrected chi connectivity index (χ4v) is 3.09. The van der Waals surface area contributed by atoms with Gasteiger partial charge in [0.15, 0.2) is 0 Å². The van der Waals surface area contributed by atoms with Crippen LogP contribution in [0.15, 0.2) is 24.3 Å². The Balaban J connectivity index is 2.08. The summed E-state index contributed by atoms with van der Waals surface area (Å²) in [6.45, 7) is 0. The first kappa shape index (κ1) is 14.9. The highest BCUT2D eigenvalue weighted by atomic mass is 35.5. The number of carbonyl (C=O) groups excluding carboxylic acids is 1. The predicted molar refractivity (Wildman–Crippen MR) is 76.0 cm³/mol. The molecule has 0 bridgehead atoms. The van der Waals surface area contributed by atoms with Gasteiger partial charge in [0, 0.05) is 11.8 Å². The highest BCUT2D eigenvalue weighted by Crippen LogP contribution is 2.22. The molecule has 1 aromatic rings. The number of thioether (sulfide) groups is 1. The van der Waals surface area contributed by atoms with Crippen molar-refractivity contribution in [3.8, 4) is 0 Å². The molecule has 4 nitrogen and oxygen atoms in total. The van der Waals surface area contributed by atoms with Crippen LogP contribution in [0.3, 0.4) is 0 Å². The van der Waals surface area contributed by atoms with Crippen molar-refractivity contribution in [3.05, 3.63) is 40.7 Å². The van der Waals surface area contributed by atoms with Gasteiger partial charge in [-0.05, 0) is 23.8 Å². The van der Waals surface area contributed by atoms with Crippen molar-refractivity contribution in [1.82, 2.24) is 4.90 Å². The third-order valence-corrected chi connectivity index (χ3v) is 4.11. The smallest absolute Gasteiger partial charge is 0.327 e. The zero-order valence-corrected chi connectivity index (χ0v) is 11.8. The van der Waals surface area contributed by atoms with Crippen LogP contribution in [-0.2, 0) is 9.59 Å². The number of carbonyl (C=O) groups is 2. The minimum absolute atomic E-state index is 0.0280. The monoisotopic (exact) mass is 315 g/mol. The van der Waals surface area contributed by atoms with Crippen molar-refractivity contribution >= 4 is 41.3 Å². The lowest BCUT2D eigenvalue weighted by molar-refractivity contribution is -0.146. The molecule has 7 heteroatoms. The molecule has 0 radical (unpaired) electrons. The van der Waals surface area contributed by atoms with E-state index in [2.05, 4.69) is 0 Å². The number of benzene rings is 1. The van der Waals surface area contributed by atoms with E-state index in [-0.39, 0.29) is 10.9 Å². The van der Waals surface area contributed by atoms with E-state index in [4.69, 9.17) is 16.7 Å². The molecule has 0 spiro atoms. The number of amides is 1. The van der Waals surface area contributed by atoms with E-state index in [9.17, 15) is 14.0 Å². The Morgan fingerprint density at radius 3 is 2.90 bits per heavy atom. The van der Waals surface area contributed by atoms with Gasteiger partial charge < -0.3 is 10.0 Å². The van der Waals surface area contributed by atoms with E-state index in [1.54, 1.807) is 0 Å². The van der Waals surface area contributed by atoms with Crippen LogP contribution in [0.4, 0.5) is 4.39 Å². The molecule has 20 heavy (non-hydrogen) atoms. The summed E-state index contributed by atoms with van der Waals surface area (Å²) >= 11 is 7.03. The molecule has 1 saturated heterocycles. The maximum atomic E-state index is 13.0. The van der Waals surface area contributed by atoms with Crippen LogP contribution in [-0.4, -0.2) is 39.6 Å². The quantitative estimate of drug-likeness (QED) is 0.871. The molecule has 0 aromatic heterocycles. The largest absolute Gasteiger partial charge is 0.480 e. The number of carboxylic acid groups (broad SMARTS) is 1. The van der Waals surface area contributed by atoms with Crippen LogP contribution in [0.5, 0.6) is 0 Å². The van der Waals surface area contributed by atoms with Crippen molar-refractivity contribution in [2.45, 2.75) is 6.04 Å². The topological polar surface area (TPSA) is 57.6 Å². The van der Waals surface area contributed by atoms with Crippen LogP contribution in [0, 0.1) is 5.82 Å². The molecule has 1 atom stereocenters. The Labute approximate surface area is 124 Å². The Morgan fingerprint density at radius 1 is 1.50 bits per heavy atom. The molecule has 2 rings (SSSR count). The molecule has 1 aliphatic rings. The Hall–Kier alpha value is -1.53. The van der Waals surface area contributed by atoms with E-state index in [0.717, 1.165) is 0 Å². The SMILES string of the molecule is O=C(O)C1CSCN1C(=O)/C=C/c1ccc(F)c(Cl)c1. The maximum absolute atomic E-state index is 13.0. The normalized spacial score (nSPS) is 18.7. The maximum Gasteiger partial charge on any atom is 0.327 e. The molecule has 1 aromatic carbocycles. The number of nitrogens with zero attached hydrogens (tertiary/aromatic N) is 1. The van der Waals surface area contributed by atoms with Crippen molar-refractivity contribution in [2.24, 2.45) is 0 Å². The summed E-state index contributed by atoms with van der Waals surface area (Å²) in [5.41, 5.74) is 0.573. The molecule has 1 aliphatic heterocycles. The summed E-state index contributed by atoms with van der Waals surface area (Å²) in [4.78, 5) is 24.2. The highest BCUT2D eigenvalue weighted by molar-refractivity contribution is 7.99. The van der Waals surface area contributed by atoms with Gasteiger partial charge in [-0.25, -0.2) is 9.18 Å². The van der Waals surface area contributed by atoms with Crippen molar-refractivity contribution < 1.29 is 19.1 Å². The number of hydrogen-bond acceptors (Lipinski definition) is 3. The van der Waals surface area contributed by atoms with Gasteiger partial charge in [0.25, 0.3) is 0 Å². The number of hydrogen-bond donors (Lipinski definition) is 1. The standard InChI is InChI=1S/C13H11ClFNO3S/c14-9-5-8(1-3-10(9)15)2-4-12(17)16-7-20-6-11(16)13(18)19/h1-5,11H,6-7H2,(H,18,19)/b4-2+. The van der Waals surface area contributed by atoms with Gasteiger partial charge in [0.1, 0.15) is 11.9 Å². The second-order valence-corrected chi connectivity index (χ2v) is 5.58. The van der Waals surface area contributed by atoms with Gasteiger partial charge in [-0.2, -0.15) is 0 Å². The second-order valence-electron chi connectivity index (χ2n) is 4.17. The summed E-state index contributed by atoms with van der Waals surface area (Å²) in [5.74, 6) is -1.19. The number of carboxylic acids is 1. The van der Waals surface area contributed by atoms with E-state index < -0.39 is 17.8 Å². The molecule has 0 aliphatic carbocycles. The Kier molecular flexibility index (Phi) is 4.67. The van der Waals surface area contributed by atoms with Crippen LogP contribution < -0.4 is 0 Å². The lowest BCUT2D eigenvalue weighted by Crippen LogP contribution is -2.40. The molecule has 0 saturated carbocycles. The highest BCUT2D eigenvalue weighted by Gasteiger charge is 2.33. The molecule has 1 unspecified atom stereocenters. The number of halogens is 2. The molecule has 1 heterocycles. The molecule has 106 valence electrons. The fourth-order valence-electron chi connectivity index (χ4n) is 1.74. The van der Waals surface area contributed by atoms with Gasteiger partial charge in [-0.3, -0.25) is 4.79 Å². The van der Waals surface area contributed by atoms with E-state index in [0.29, 0.717) is 17.2 Å². The van der Waals surface area contributed by atoms with Crippen LogP contribution in [0.2, 0.25) is 5.02 Å². The second kappa shape index (κ2) is 6.28. The minimum Gasteiger partial charge on any atom is -0.480 e. The number of rotatable bonds is 3. The van der Waals surface area contributed by atoms with Crippen molar-refractivity contribution in [1.29, 1.82) is 0 Å². The predicted octanol–water partition coefficient (Wildman–Crippen LogP) is 2.48. The van der Waals surface area contributed by atoms with Crippen molar-refractivity contribution in [3.63, 3.8) is 0 Å². The summed E-state index contributed by atoms with van der Waals surface area (Å²) in [6, 6.07) is 3.29. The van der Waals surface area contributed by atoms with Crippen molar-refractivity contribution in [2.75, 3.05) is 11.6 Å². The van der Waals surface area contributed by atoms with E-state index >= 15 is 0 Å². The van der Waals surface area contributed by atoms with E-state index in [1.807, 2.05) is 0 Å². The third-order valence-electron chi connectivity index (χ3n) is 2.81. The minimum atomic E-state index is -1.01. The lowest BCUT2D eigenvalue weighted by Gasteiger charge is -2.18. The summed E-state index contributed by atoms with van der Waals surface area (Å²) in [7, 11) is 0. The lowest BCUT2D eigenvalue weighted by atomic mass is 10.2. The third kappa shape index (κ3) is 3.32. The average molecular weight is 316 g/mol. The van der Waals surface area contributed by atoms with Crippen LogP contribution in [0.1, 0.15) is 5.56 Å². The molecule has 1 N–H and O–H groups in total. The molecular formula is C13H11ClFNO3S. The summed E-state index contributed by atoms with van der Waals surface area (Å²) < 4.78 is 13.0. The average Bonchev–Trinajstić information content (AvgIpc) is 2.89. The summed E-state index contributed by atoms with van der Waals surface area (Å²) in [6.07, 6.45) is 2.75. The first-order chi connectivity index (χ1) is 9.49. The van der Waals surface area contributed by atoms with Gasteiger partial charge >= 0.3 is 5.97 Å². The van der Waals surface area contributed by atoms with Gasteiger partial charge in [0.05, 0.1) is 10.9 Å². The van der Waals surface area contributed by atoms with Gasteiger partial charge in [-0.1, -0.05) is 17.7 Å². The Bertz CT molecular complexity index is 579. The fraction of sp³-hybridized carbons (Fsp3) is 0.231. The first-order valence-electron chi connectivity index (χ1n) is 5.73. The molecule has 1 amide bonds. The van der Waals surface area contributed by atoms with Gasteiger partial charge in [-0.15, -0.1) is 11.8 Å². The zero-order valence-electron chi connectivity index (χ0n) is 10.3.